The Balaban J connectivity index is 1.07. The van der Waals surface area contributed by atoms with Crippen molar-refractivity contribution >= 4 is 34.8 Å². The van der Waals surface area contributed by atoms with E-state index in [9.17, 15) is 14.4 Å². The van der Waals surface area contributed by atoms with E-state index in [2.05, 4.69) is 10.6 Å². The molecule has 4 heterocycles. The molecule has 2 aromatic carbocycles. The van der Waals surface area contributed by atoms with E-state index in [-0.39, 0.29) is 30.3 Å². The molecule has 9 nitrogen and oxygen atoms in total. The van der Waals surface area contributed by atoms with Crippen molar-refractivity contribution in [3.63, 3.8) is 0 Å². The van der Waals surface area contributed by atoms with Crippen molar-refractivity contribution in [2.45, 2.75) is 64.5 Å². The van der Waals surface area contributed by atoms with Crippen molar-refractivity contribution < 1.29 is 27.5 Å². The molecule has 3 fully saturated rings. The van der Waals surface area contributed by atoms with Gasteiger partial charge in [-0.15, -0.1) is 0 Å². The van der Waals surface area contributed by atoms with Crippen LogP contribution in [0.15, 0.2) is 41.3 Å². The van der Waals surface area contributed by atoms with Crippen molar-refractivity contribution in [2.24, 2.45) is 18.9 Å². The summed E-state index contributed by atoms with van der Waals surface area (Å²) in [6.45, 7) is 4.90. The topological polar surface area (TPSA) is 95.9 Å². The van der Waals surface area contributed by atoms with E-state index >= 15 is 13.2 Å². The van der Waals surface area contributed by atoms with E-state index in [1.54, 1.807) is 43.3 Å². The zero-order valence-electron chi connectivity index (χ0n) is 28.8. The second-order valence-electron chi connectivity index (χ2n) is 13.9. The molecule has 6 rings (SSSR count). The quantitative estimate of drug-likeness (QED) is 0.274. The lowest BCUT2D eigenvalue weighted by atomic mass is 9.76. The zero-order valence-corrected chi connectivity index (χ0v) is 29.5. The Labute approximate surface area is 294 Å². The summed E-state index contributed by atoms with van der Waals surface area (Å²) in [7, 11) is 3.23. The molecule has 2 N–H and O–H groups in total. The van der Waals surface area contributed by atoms with Crippen LogP contribution in [-0.2, 0) is 23.2 Å². The highest BCUT2D eigenvalue weighted by atomic mass is 35.5. The van der Waals surface area contributed by atoms with Crippen molar-refractivity contribution in [3.05, 3.63) is 74.4 Å². The average molecular weight is 714 g/mol. The second-order valence-corrected chi connectivity index (χ2v) is 14.3. The first-order chi connectivity index (χ1) is 23.7. The number of aromatic nitrogens is 1. The van der Waals surface area contributed by atoms with Gasteiger partial charge in [-0.1, -0.05) is 11.6 Å². The Morgan fingerprint density at radius 1 is 1.02 bits per heavy atom. The van der Waals surface area contributed by atoms with E-state index in [0.717, 1.165) is 16.7 Å². The largest absolute Gasteiger partial charge is 0.496 e. The lowest BCUT2D eigenvalue weighted by Gasteiger charge is -2.45. The number of benzene rings is 2. The van der Waals surface area contributed by atoms with Crippen LogP contribution >= 0.6 is 11.6 Å². The average Bonchev–Trinajstić information content (AvgIpc) is 3.07. The molecule has 3 aromatic rings. The lowest BCUT2D eigenvalue weighted by Crippen LogP contribution is -2.52. The normalized spacial score (nSPS) is 21.6. The summed E-state index contributed by atoms with van der Waals surface area (Å²) in [6, 6.07) is 7.70. The fourth-order valence-electron chi connectivity index (χ4n) is 7.76. The van der Waals surface area contributed by atoms with Gasteiger partial charge in [0.15, 0.2) is 0 Å². The van der Waals surface area contributed by atoms with Crippen molar-refractivity contribution in [2.75, 3.05) is 43.5 Å². The van der Waals surface area contributed by atoms with Crippen LogP contribution in [0.4, 0.5) is 24.5 Å². The van der Waals surface area contributed by atoms with Crippen LogP contribution in [0.1, 0.15) is 48.8 Å². The Kier molecular flexibility index (Phi) is 10.2. The molecule has 0 bridgehead atoms. The maximum atomic E-state index is 15.8. The van der Waals surface area contributed by atoms with Crippen LogP contribution in [0, 0.1) is 31.5 Å². The fourth-order valence-corrected chi connectivity index (χ4v) is 8.03. The van der Waals surface area contributed by atoms with Crippen LogP contribution in [0.2, 0.25) is 5.02 Å². The minimum atomic E-state index is -2.91. The number of carbonyl (C=O) groups is 2. The predicted molar refractivity (Wildman–Crippen MR) is 188 cm³/mol. The van der Waals surface area contributed by atoms with E-state index in [1.165, 1.54) is 17.7 Å². The van der Waals surface area contributed by atoms with E-state index in [0.29, 0.717) is 78.6 Å². The number of rotatable bonds is 8. The number of pyridine rings is 1. The first kappa shape index (κ1) is 35.8. The first-order valence-electron chi connectivity index (χ1n) is 17.0. The zero-order chi connectivity index (χ0) is 35.9. The highest BCUT2D eigenvalue weighted by molar-refractivity contribution is 6.32. The van der Waals surface area contributed by atoms with E-state index in [1.807, 2.05) is 17.9 Å². The molecule has 3 aliphatic rings. The number of anilines is 2. The molecule has 0 radical (unpaired) electrons. The number of piperidine rings is 3. The van der Waals surface area contributed by atoms with Gasteiger partial charge in [-0.25, -0.2) is 13.2 Å². The molecule has 3 saturated heterocycles. The minimum absolute atomic E-state index is 0.0717. The SMILES string of the molecule is COc1cc(-c2cn(C)c(=O)c(C)c2C)cc(Cl)c1CN1CC[C@H](C2CCN(c3ccc(N[C@H]4CCC(=O)NC4=O)cc3F)CC2)C(F)(F)C1. The number of likely N-dealkylation sites (tertiary alicyclic amines) is 1. The molecule has 0 saturated carbocycles. The monoisotopic (exact) mass is 713 g/mol. The van der Waals surface area contributed by atoms with Gasteiger partial charge in [-0.2, -0.15) is 0 Å². The van der Waals surface area contributed by atoms with Crippen LogP contribution in [0.25, 0.3) is 11.1 Å². The maximum absolute atomic E-state index is 15.8. The summed E-state index contributed by atoms with van der Waals surface area (Å²) in [5.41, 5.74) is 4.51. The number of ether oxygens (including phenoxy) is 1. The first-order valence-corrected chi connectivity index (χ1v) is 17.4. The van der Waals surface area contributed by atoms with Gasteiger partial charge in [0.05, 0.1) is 19.3 Å². The van der Waals surface area contributed by atoms with Crippen molar-refractivity contribution in [1.29, 1.82) is 0 Å². The number of amides is 2. The number of aryl methyl sites for hydroxylation is 1. The second kappa shape index (κ2) is 14.3. The summed E-state index contributed by atoms with van der Waals surface area (Å²) in [5.74, 6) is -4.59. The van der Waals surface area contributed by atoms with Crippen LogP contribution < -0.4 is 25.8 Å². The number of carbonyl (C=O) groups excluding carboxylic acids is 2. The summed E-state index contributed by atoms with van der Waals surface area (Å²) in [5, 5.41) is 5.68. The summed E-state index contributed by atoms with van der Waals surface area (Å²) in [6.07, 6.45) is 3.71. The fraction of sp³-hybridized carbons (Fsp3) is 0.486. The minimum Gasteiger partial charge on any atom is -0.496 e. The molecule has 1 aromatic heterocycles. The van der Waals surface area contributed by atoms with Gasteiger partial charge in [0, 0.05) is 72.6 Å². The van der Waals surface area contributed by atoms with Gasteiger partial charge < -0.3 is 19.5 Å². The molecule has 0 spiro atoms. The molecular weight excluding hydrogens is 671 g/mol. The molecule has 0 aliphatic carbocycles. The number of alkyl halides is 2. The third kappa shape index (κ3) is 7.23. The number of hydrogen-bond donors (Lipinski definition) is 2. The smallest absolute Gasteiger partial charge is 0.263 e. The van der Waals surface area contributed by atoms with E-state index in [4.69, 9.17) is 16.3 Å². The summed E-state index contributed by atoms with van der Waals surface area (Å²) < 4.78 is 54.1. The van der Waals surface area contributed by atoms with Gasteiger partial charge in [0.25, 0.3) is 11.5 Å². The standard InChI is InChI=1S/C37H43ClF3N5O4/c1-21-22(2)36(49)44(3)18-26(21)24-15-29(38)27(33(16-24)50-4)19-45-12-11-28(37(40,41)20-45)23-9-13-46(14-10-23)32-7-5-25(17-30(32)39)42-31-6-8-34(47)43-35(31)48/h5,7,15-18,23,28,31,42H,6,8-14,19-20H2,1-4H3,(H,43,47,48)/t28-,31+/m1/s1. The Bertz CT molecular complexity index is 1860. The number of nitrogens with one attached hydrogen (secondary N) is 2. The third-order valence-corrected chi connectivity index (χ3v) is 11.0. The molecule has 2 atom stereocenters. The molecule has 13 heteroatoms. The predicted octanol–water partition coefficient (Wildman–Crippen LogP) is 6.06. The van der Waals surface area contributed by atoms with Crippen LogP contribution in [-0.4, -0.2) is 66.5 Å². The van der Waals surface area contributed by atoms with Gasteiger partial charge in [-0.3, -0.25) is 24.6 Å². The van der Waals surface area contributed by atoms with Crippen LogP contribution in [0.5, 0.6) is 5.75 Å². The number of hydrogen-bond acceptors (Lipinski definition) is 7. The highest BCUT2D eigenvalue weighted by Crippen LogP contribution is 2.44. The van der Waals surface area contributed by atoms with Gasteiger partial charge in [0.2, 0.25) is 11.8 Å². The number of methoxy groups -OCH3 is 1. The van der Waals surface area contributed by atoms with Gasteiger partial charge in [0.1, 0.15) is 17.6 Å². The molecule has 50 heavy (non-hydrogen) atoms. The highest BCUT2D eigenvalue weighted by Gasteiger charge is 2.48. The van der Waals surface area contributed by atoms with Crippen LogP contribution in [0.3, 0.4) is 0 Å². The molecular formula is C37H43ClF3N5O4. The van der Waals surface area contributed by atoms with Crippen molar-refractivity contribution in [3.8, 4) is 16.9 Å². The third-order valence-electron chi connectivity index (χ3n) is 10.7. The number of imide groups is 1. The maximum Gasteiger partial charge on any atom is 0.263 e. The number of halogens is 4. The Morgan fingerprint density at radius 2 is 1.76 bits per heavy atom. The lowest BCUT2D eigenvalue weighted by molar-refractivity contribution is -0.134. The molecule has 0 unspecified atom stereocenters. The van der Waals surface area contributed by atoms with Gasteiger partial charge >= 0.3 is 0 Å². The molecule has 3 aliphatic heterocycles. The Morgan fingerprint density at radius 3 is 2.42 bits per heavy atom. The number of nitrogens with zero attached hydrogens (tertiary/aromatic N) is 3. The Hall–Kier alpha value is -4.03. The van der Waals surface area contributed by atoms with E-state index < -0.39 is 36.2 Å². The molecule has 2 amide bonds. The summed E-state index contributed by atoms with van der Waals surface area (Å²) in [4.78, 5) is 39.5. The van der Waals surface area contributed by atoms with Gasteiger partial charge in [-0.05, 0) is 93.5 Å². The molecule has 268 valence electrons. The van der Waals surface area contributed by atoms with Crippen molar-refractivity contribution in [1.82, 2.24) is 14.8 Å². The summed E-state index contributed by atoms with van der Waals surface area (Å²) >= 11 is 6.78.